The SMILES string of the molecule is COc1cccc(-c2nc(OCC(C)C)nn2-c2cccc(NC(=O)c3ccc(C(F)(F)F)cc3)c2)c1. The molecule has 0 saturated heterocycles. The van der Waals surface area contributed by atoms with E-state index in [1.807, 2.05) is 38.1 Å². The van der Waals surface area contributed by atoms with Crippen LogP contribution in [0.3, 0.4) is 0 Å². The Labute approximate surface area is 211 Å². The molecule has 0 radical (unpaired) electrons. The first-order valence-corrected chi connectivity index (χ1v) is 11.5. The van der Waals surface area contributed by atoms with Crippen LogP contribution in [0.25, 0.3) is 17.1 Å². The molecule has 0 aliphatic rings. The number of nitrogens with zero attached hydrogens (tertiary/aromatic N) is 3. The minimum atomic E-state index is -4.47. The van der Waals surface area contributed by atoms with E-state index in [-0.39, 0.29) is 17.5 Å². The molecule has 0 bridgehead atoms. The number of nitrogens with one attached hydrogen (secondary N) is 1. The summed E-state index contributed by atoms with van der Waals surface area (Å²) in [4.78, 5) is 17.2. The molecule has 192 valence electrons. The summed E-state index contributed by atoms with van der Waals surface area (Å²) >= 11 is 0. The highest BCUT2D eigenvalue weighted by molar-refractivity contribution is 6.04. The average Bonchev–Trinajstić information content (AvgIpc) is 3.32. The lowest BCUT2D eigenvalue weighted by Crippen LogP contribution is -2.13. The van der Waals surface area contributed by atoms with Crippen molar-refractivity contribution < 1.29 is 27.4 Å². The fourth-order valence-corrected chi connectivity index (χ4v) is 3.45. The fraction of sp³-hybridized carbons (Fsp3) is 0.222. The summed E-state index contributed by atoms with van der Waals surface area (Å²) in [5.41, 5.74) is 1.04. The van der Waals surface area contributed by atoms with E-state index in [2.05, 4.69) is 15.4 Å². The molecule has 1 N–H and O–H groups in total. The van der Waals surface area contributed by atoms with Crippen LogP contribution >= 0.6 is 0 Å². The maximum absolute atomic E-state index is 12.8. The van der Waals surface area contributed by atoms with Gasteiger partial charge in [0.25, 0.3) is 5.91 Å². The molecule has 10 heteroatoms. The van der Waals surface area contributed by atoms with Gasteiger partial charge in [-0.25, -0.2) is 4.68 Å². The van der Waals surface area contributed by atoms with E-state index in [1.54, 1.807) is 36.1 Å². The molecule has 0 aliphatic carbocycles. The number of methoxy groups -OCH3 is 1. The van der Waals surface area contributed by atoms with Gasteiger partial charge in [-0.15, -0.1) is 5.10 Å². The van der Waals surface area contributed by atoms with Gasteiger partial charge in [0.05, 0.1) is 25.0 Å². The second-order valence-electron chi connectivity index (χ2n) is 8.65. The lowest BCUT2D eigenvalue weighted by molar-refractivity contribution is -0.137. The Morgan fingerprint density at radius 3 is 2.43 bits per heavy atom. The lowest BCUT2D eigenvalue weighted by atomic mass is 10.1. The van der Waals surface area contributed by atoms with Crippen molar-refractivity contribution in [2.24, 2.45) is 5.92 Å². The Morgan fingerprint density at radius 1 is 1.03 bits per heavy atom. The summed E-state index contributed by atoms with van der Waals surface area (Å²) in [6, 6.07) is 18.4. The molecule has 7 nitrogen and oxygen atoms in total. The van der Waals surface area contributed by atoms with E-state index < -0.39 is 17.6 Å². The van der Waals surface area contributed by atoms with Crippen molar-refractivity contribution in [1.29, 1.82) is 0 Å². The zero-order valence-corrected chi connectivity index (χ0v) is 20.4. The molecule has 1 heterocycles. The summed E-state index contributed by atoms with van der Waals surface area (Å²) < 4.78 is 51.2. The largest absolute Gasteiger partial charge is 0.497 e. The van der Waals surface area contributed by atoms with E-state index in [9.17, 15) is 18.0 Å². The molecule has 1 aromatic heterocycles. The van der Waals surface area contributed by atoms with E-state index in [4.69, 9.17) is 9.47 Å². The topological polar surface area (TPSA) is 78.3 Å². The summed E-state index contributed by atoms with van der Waals surface area (Å²) in [6.07, 6.45) is -4.47. The van der Waals surface area contributed by atoms with E-state index in [0.29, 0.717) is 29.6 Å². The molecule has 0 fully saturated rings. The van der Waals surface area contributed by atoms with Gasteiger partial charge in [-0.05, 0) is 60.5 Å². The van der Waals surface area contributed by atoms with Crippen LogP contribution < -0.4 is 14.8 Å². The van der Waals surface area contributed by atoms with Crippen LogP contribution in [0.1, 0.15) is 29.8 Å². The first-order chi connectivity index (χ1) is 17.6. The average molecular weight is 511 g/mol. The minimum Gasteiger partial charge on any atom is -0.497 e. The number of aromatic nitrogens is 3. The van der Waals surface area contributed by atoms with Crippen LogP contribution in [-0.2, 0) is 6.18 Å². The van der Waals surface area contributed by atoms with Gasteiger partial charge in [-0.2, -0.15) is 18.2 Å². The zero-order chi connectivity index (χ0) is 26.6. The highest BCUT2D eigenvalue weighted by Gasteiger charge is 2.30. The van der Waals surface area contributed by atoms with Crippen LogP contribution in [0.4, 0.5) is 18.9 Å². The number of hydrogen-bond acceptors (Lipinski definition) is 5. The smallest absolute Gasteiger partial charge is 0.416 e. The van der Waals surface area contributed by atoms with Crippen LogP contribution in [0, 0.1) is 5.92 Å². The Bertz CT molecular complexity index is 1380. The summed E-state index contributed by atoms with van der Waals surface area (Å²) in [6.45, 7) is 4.47. The Balaban J connectivity index is 1.64. The Morgan fingerprint density at radius 2 is 1.76 bits per heavy atom. The van der Waals surface area contributed by atoms with Crippen molar-refractivity contribution in [3.05, 3.63) is 83.9 Å². The first kappa shape index (κ1) is 25.7. The summed E-state index contributed by atoms with van der Waals surface area (Å²) in [7, 11) is 1.57. The molecule has 3 aromatic carbocycles. The molecular formula is C27H25F3N4O3. The molecule has 0 aliphatic heterocycles. The van der Waals surface area contributed by atoms with Crippen LogP contribution in [-0.4, -0.2) is 34.4 Å². The molecule has 0 saturated carbocycles. The highest BCUT2D eigenvalue weighted by atomic mass is 19.4. The predicted octanol–water partition coefficient (Wildman–Crippen LogP) is 6.25. The molecule has 1 amide bonds. The number of carbonyl (C=O) groups is 1. The first-order valence-electron chi connectivity index (χ1n) is 11.5. The molecule has 37 heavy (non-hydrogen) atoms. The molecule has 4 aromatic rings. The zero-order valence-electron chi connectivity index (χ0n) is 20.4. The van der Waals surface area contributed by atoms with E-state index in [1.165, 1.54) is 0 Å². The maximum atomic E-state index is 12.8. The van der Waals surface area contributed by atoms with Gasteiger partial charge >= 0.3 is 12.2 Å². The van der Waals surface area contributed by atoms with Crippen LogP contribution in [0.5, 0.6) is 11.8 Å². The van der Waals surface area contributed by atoms with Crippen molar-refractivity contribution in [1.82, 2.24) is 14.8 Å². The number of amides is 1. The monoisotopic (exact) mass is 510 g/mol. The van der Waals surface area contributed by atoms with Gasteiger partial charge in [0.15, 0.2) is 5.82 Å². The molecule has 4 rings (SSSR count). The van der Waals surface area contributed by atoms with Gasteiger partial charge in [-0.1, -0.05) is 32.0 Å². The number of alkyl halides is 3. The minimum absolute atomic E-state index is 0.0978. The molecular weight excluding hydrogens is 485 g/mol. The Kier molecular flexibility index (Phi) is 7.47. The van der Waals surface area contributed by atoms with Crippen LogP contribution in [0.15, 0.2) is 72.8 Å². The maximum Gasteiger partial charge on any atom is 0.416 e. The number of ether oxygens (including phenoxy) is 2. The third-order valence-corrected chi connectivity index (χ3v) is 5.28. The van der Waals surface area contributed by atoms with Crippen LogP contribution in [0.2, 0.25) is 0 Å². The second-order valence-corrected chi connectivity index (χ2v) is 8.65. The number of benzene rings is 3. The third-order valence-electron chi connectivity index (χ3n) is 5.28. The normalized spacial score (nSPS) is 11.4. The van der Waals surface area contributed by atoms with Crippen molar-refractivity contribution >= 4 is 11.6 Å². The van der Waals surface area contributed by atoms with Gasteiger partial charge in [0, 0.05) is 16.8 Å². The fourth-order valence-electron chi connectivity index (χ4n) is 3.45. The second kappa shape index (κ2) is 10.7. The number of halogens is 3. The van der Waals surface area contributed by atoms with Crippen molar-refractivity contribution in [3.8, 4) is 28.8 Å². The van der Waals surface area contributed by atoms with E-state index >= 15 is 0 Å². The van der Waals surface area contributed by atoms with Crippen molar-refractivity contribution in [3.63, 3.8) is 0 Å². The van der Waals surface area contributed by atoms with Gasteiger partial charge in [-0.3, -0.25) is 4.79 Å². The molecule has 0 unspecified atom stereocenters. The highest BCUT2D eigenvalue weighted by Crippen LogP contribution is 2.30. The third kappa shape index (κ3) is 6.27. The lowest BCUT2D eigenvalue weighted by Gasteiger charge is -2.11. The quantitative estimate of drug-likeness (QED) is 0.303. The number of anilines is 1. The van der Waals surface area contributed by atoms with E-state index in [0.717, 1.165) is 29.8 Å². The number of hydrogen-bond donors (Lipinski definition) is 1. The molecule has 0 spiro atoms. The van der Waals surface area contributed by atoms with Gasteiger partial charge in [0.1, 0.15) is 5.75 Å². The van der Waals surface area contributed by atoms with Gasteiger partial charge < -0.3 is 14.8 Å². The van der Waals surface area contributed by atoms with Crippen molar-refractivity contribution in [2.75, 3.05) is 19.0 Å². The summed E-state index contributed by atoms with van der Waals surface area (Å²) in [5.74, 6) is 0.882. The Hall–Kier alpha value is -4.34. The van der Waals surface area contributed by atoms with Gasteiger partial charge in [0.2, 0.25) is 0 Å². The molecule has 0 atom stereocenters. The predicted molar refractivity (Wildman–Crippen MR) is 133 cm³/mol. The summed E-state index contributed by atoms with van der Waals surface area (Å²) in [5, 5.41) is 7.24. The number of rotatable bonds is 8. The number of carbonyl (C=O) groups excluding carboxylic acids is 1. The standard InChI is InChI=1S/C27H25F3N4O3/c1-17(2)16-37-26-32-24(19-6-4-9-23(14-19)36-3)34(33-26)22-8-5-7-21(15-22)31-25(35)18-10-12-20(13-11-18)27(28,29)30/h4-15,17H,16H2,1-3H3,(H,31,35). The van der Waals surface area contributed by atoms with Crippen molar-refractivity contribution in [2.45, 2.75) is 20.0 Å².